The van der Waals surface area contributed by atoms with E-state index in [2.05, 4.69) is 92.1 Å². The largest absolute Gasteiger partial charge is 0.394 e. The van der Waals surface area contributed by atoms with Crippen molar-refractivity contribution in [3.8, 4) is 0 Å². The average molecular weight is 1180 g/mol. The van der Waals surface area contributed by atoms with E-state index in [4.69, 9.17) is 9.47 Å². The van der Waals surface area contributed by atoms with Crippen molar-refractivity contribution in [3.05, 3.63) is 85.1 Å². The molecule has 1 fully saturated rings. The lowest BCUT2D eigenvalue weighted by Gasteiger charge is -2.40. The highest BCUT2D eigenvalue weighted by Gasteiger charge is 2.44. The van der Waals surface area contributed by atoms with Gasteiger partial charge in [-0.15, -0.1) is 0 Å². The van der Waals surface area contributed by atoms with E-state index in [0.29, 0.717) is 6.42 Å². The molecular weight excluding hydrogens is 1040 g/mol. The van der Waals surface area contributed by atoms with Gasteiger partial charge in [-0.25, -0.2) is 0 Å². The molecule has 0 bridgehead atoms. The maximum atomic E-state index is 13.1. The van der Waals surface area contributed by atoms with Crippen molar-refractivity contribution >= 4 is 5.91 Å². The van der Waals surface area contributed by atoms with Crippen LogP contribution >= 0.6 is 0 Å². The van der Waals surface area contributed by atoms with E-state index in [9.17, 15) is 30.3 Å². The first-order valence-corrected chi connectivity index (χ1v) is 35.8. The van der Waals surface area contributed by atoms with E-state index in [1.54, 1.807) is 6.08 Å². The van der Waals surface area contributed by atoms with Crippen LogP contribution in [0.4, 0.5) is 0 Å². The van der Waals surface area contributed by atoms with Crippen molar-refractivity contribution < 1.29 is 39.8 Å². The molecule has 1 heterocycles. The summed E-state index contributed by atoms with van der Waals surface area (Å²) < 4.78 is 11.3. The first-order chi connectivity index (χ1) is 41.3. The lowest BCUT2D eigenvalue weighted by molar-refractivity contribution is -0.302. The number of carbonyl (C=O) groups is 1. The number of hydrogen-bond donors (Lipinski definition) is 6. The monoisotopic (exact) mass is 1180 g/mol. The molecule has 1 amide bonds. The Morgan fingerprint density at radius 3 is 1.14 bits per heavy atom. The Hall–Kier alpha value is -2.63. The molecule has 0 saturated carbocycles. The molecule has 7 unspecified atom stereocenters. The quantitative estimate of drug-likeness (QED) is 0.0261. The first-order valence-electron chi connectivity index (χ1n) is 35.8. The van der Waals surface area contributed by atoms with E-state index in [-0.39, 0.29) is 12.5 Å². The predicted molar refractivity (Wildman–Crippen MR) is 359 cm³/mol. The van der Waals surface area contributed by atoms with Gasteiger partial charge in [0.25, 0.3) is 0 Å². The summed E-state index contributed by atoms with van der Waals surface area (Å²) in [4.78, 5) is 13.1. The highest BCUT2D eigenvalue weighted by molar-refractivity contribution is 5.76. The molecule has 7 atom stereocenters. The zero-order chi connectivity index (χ0) is 60.7. The van der Waals surface area contributed by atoms with Crippen molar-refractivity contribution in [1.82, 2.24) is 5.32 Å². The minimum absolute atomic E-state index is 0.185. The third kappa shape index (κ3) is 51.4. The minimum atomic E-state index is -1.58. The molecule has 9 heteroatoms. The fourth-order valence-electron chi connectivity index (χ4n) is 11.1. The summed E-state index contributed by atoms with van der Waals surface area (Å²) in [6, 6.07) is -0.828. The second kappa shape index (κ2) is 63.4. The summed E-state index contributed by atoms with van der Waals surface area (Å²) in [6.45, 7) is 3.69. The molecule has 9 nitrogen and oxygen atoms in total. The van der Waals surface area contributed by atoms with Crippen molar-refractivity contribution in [2.75, 3.05) is 13.2 Å². The molecule has 0 aromatic heterocycles. The summed E-state index contributed by atoms with van der Waals surface area (Å²) in [7, 11) is 0. The number of rotatable bonds is 62. The second-order valence-corrected chi connectivity index (χ2v) is 24.6. The molecule has 1 saturated heterocycles. The van der Waals surface area contributed by atoms with Gasteiger partial charge in [-0.2, -0.15) is 0 Å². The highest BCUT2D eigenvalue weighted by atomic mass is 16.7. The Labute approximate surface area is 518 Å². The number of nitrogens with one attached hydrogen (secondary N) is 1. The van der Waals surface area contributed by atoms with Crippen molar-refractivity contribution in [3.63, 3.8) is 0 Å². The van der Waals surface area contributed by atoms with Crippen LogP contribution in [0.3, 0.4) is 0 Å². The maximum Gasteiger partial charge on any atom is 0.220 e. The normalized spacial score (nSPS) is 18.7. The fraction of sp³-hybridized carbons (Fsp3) is 0.800. The average Bonchev–Trinajstić information content (AvgIpc) is 3.70. The van der Waals surface area contributed by atoms with Crippen LogP contribution in [-0.4, -0.2) is 87.5 Å². The number of hydrogen-bond acceptors (Lipinski definition) is 8. The second-order valence-electron chi connectivity index (χ2n) is 24.6. The molecule has 1 rings (SSSR count). The number of aliphatic hydroxyl groups is 5. The molecular formula is C75H135NO8. The van der Waals surface area contributed by atoms with Crippen molar-refractivity contribution in [1.29, 1.82) is 0 Å². The van der Waals surface area contributed by atoms with Crippen LogP contribution in [0.5, 0.6) is 0 Å². The topological polar surface area (TPSA) is 149 Å². The number of carbonyl (C=O) groups excluding carboxylic acids is 1. The third-order valence-electron chi connectivity index (χ3n) is 16.7. The van der Waals surface area contributed by atoms with Crippen LogP contribution in [0, 0.1) is 0 Å². The molecule has 488 valence electrons. The zero-order valence-electron chi connectivity index (χ0n) is 54.6. The van der Waals surface area contributed by atoms with Gasteiger partial charge < -0.3 is 40.3 Å². The van der Waals surface area contributed by atoms with E-state index < -0.39 is 49.5 Å². The van der Waals surface area contributed by atoms with Crippen LogP contribution in [0.15, 0.2) is 85.1 Å². The smallest absolute Gasteiger partial charge is 0.220 e. The van der Waals surface area contributed by atoms with Gasteiger partial charge in [0.2, 0.25) is 5.91 Å². The Balaban J connectivity index is 2.15. The van der Waals surface area contributed by atoms with Crippen LogP contribution in [0.1, 0.15) is 328 Å². The van der Waals surface area contributed by atoms with Crippen molar-refractivity contribution in [2.24, 2.45) is 0 Å². The molecule has 1 aliphatic heterocycles. The standard InChI is InChI=1S/C75H135NO8/c1-3-5-7-9-11-13-15-17-19-21-23-25-27-29-31-33-35-37-39-41-43-45-47-49-51-53-55-57-59-61-63-65-71(79)76-68(67-83-75-74(82)73(81)72(80)70(66-77)84-75)69(78)64-62-60-58-56-54-52-50-48-46-44-42-40-38-36-34-32-30-28-26-24-22-20-18-16-14-12-10-8-6-4-2/h5,7,11,13,17,19,23,25,29,31,54,56,62,64,68-70,72-75,77-78,80-82H,3-4,6,8-10,12,14-16,18,20-22,24,26-28,30,32-53,55,57-61,63,65-67H2,1-2H3,(H,76,79)/b7-5-,13-11-,19-17-,25-23-,31-29-,56-54+,64-62+. The highest BCUT2D eigenvalue weighted by Crippen LogP contribution is 2.23. The molecule has 84 heavy (non-hydrogen) atoms. The van der Waals surface area contributed by atoms with E-state index in [0.717, 1.165) is 70.6 Å². The van der Waals surface area contributed by atoms with Gasteiger partial charge >= 0.3 is 0 Å². The van der Waals surface area contributed by atoms with Crippen molar-refractivity contribution in [2.45, 2.75) is 371 Å². The van der Waals surface area contributed by atoms with Gasteiger partial charge in [-0.05, 0) is 77.0 Å². The number of unbranched alkanes of at least 4 members (excludes halogenated alkanes) is 40. The molecule has 0 radical (unpaired) electrons. The molecule has 6 N–H and O–H groups in total. The lowest BCUT2D eigenvalue weighted by Crippen LogP contribution is -2.60. The molecule has 0 aliphatic carbocycles. The van der Waals surface area contributed by atoms with Gasteiger partial charge in [0.1, 0.15) is 24.4 Å². The van der Waals surface area contributed by atoms with E-state index >= 15 is 0 Å². The predicted octanol–water partition coefficient (Wildman–Crippen LogP) is 19.7. The van der Waals surface area contributed by atoms with Crippen LogP contribution in [0.25, 0.3) is 0 Å². The first kappa shape index (κ1) is 79.4. The number of aliphatic hydroxyl groups excluding tert-OH is 5. The fourth-order valence-corrected chi connectivity index (χ4v) is 11.1. The molecule has 0 spiro atoms. The van der Waals surface area contributed by atoms with Crippen LogP contribution in [0.2, 0.25) is 0 Å². The molecule has 0 aromatic rings. The summed E-state index contributed by atoms with van der Waals surface area (Å²) in [5.74, 6) is -0.185. The van der Waals surface area contributed by atoms with Crippen LogP contribution in [-0.2, 0) is 14.3 Å². The van der Waals surface area contributed by atoms with Gasteiger partial charge in [0.05, 0.1) is 25.4 Å². The molecule has 0 aromatic carbocycles. The molecule has 1 aliphatic rings. The zero-order valence-corrected chi connectivity index (χ0v) is 54.6. The minimum Gasteiger partial charge on any atom is -0.394 e. The Morgan fingerprint density at radius 1 is 0.417 bits per heavy atom. The SMILES string of the molecule is CC/C=C\C/C=C\C/C=C\C/C=C\C/C=C\CCCCCCCCCCCCCCCCCC(=O)NC(COC1OC(CO)C(O)C(O)C1O)C(O)/C=C/CC/C=C/CCCCCCCCCCCCCCCCCCCCCCCCCC. The summed E-state index contributed by atoms with van der Waals surface area (Å²) in [5.41, 5.74) is 0. The van der Waals surface area contributed by atoms with E-state index in [1.807, 2.05) is 6.08 Å². The summed E-state index contributed by atoms with van der Waals surface area (Å²) in [5, 5.41) is 54.8. The Kier molecular flexibility index (Phi) is 59.9. The summed E-state index contributed by atoms with van der Waals surface area (Å²) >= 11 is 0. The maximum absolute atomic E-state index is 13.1. The van der Waals surface area contributed by atoms with E-state index in [1.165, 1.54) is 238 Å². The lowest BCUT2D eigenvalue weighted by atomic mass is 9.99. The third-order valence-corrected chi connectivity index (χ3v) is 16.7. The Bertz CT molecular complexity index is 1600. The van der Waals surface area contributed by atoms with Gasteiger partial charge in [-0.1, -0.05) is 330 Å². The van der Waals surface area contributed by atoms with Gasteiger partial charge in [-0.3, -0.25) is 4.79 Å². The summed E-state index contributed by atoms with van der Waals surface area (Å²) in [6.07, 6.45) is 84.1. The van der Waals surface area contributed by atoms with Gasteiger partial charge in [0.15, 0.2) is 6.29 Å². The Morgan fingerprint density at radius 2 is 0.750 bits per heavy atom. The number of allylic oxidation sites excluding steroid dienone is 13. The number of amides is 1. The van der Waals surface area contributed by atoms with Gasteiger partial charge in [0, 0.05) is 6.42 Å². The number of ether oxygens (including phenoxy) is 2. The van der Waals surface area contributed by atoms with Crippen LogP contribution < -0.4 is 5.32 Å².